The number of hydrogen-bond acceptors (Lipinski definition) is 5. The zero-order valence-corrected chi connectivity index (χ0v) is 12.8. The van der Waals surface area contributed by atoms with E-state index in [0.29, 0.717) is 5.03 Å². The van der Waals surface area contributed by atoms with E-state index in [0.717, 1.165) is 24.0 Å². The van der Waals surface area contributed by atoms with E-state index < -0.39 is 11.7 Å². The minimum atomic E-state index is -4.45. The van der Waals surface area contributed by atoms with Crippen LogP contribution in [0.3, 0.4) is 0 Å². The number of thioether (sulfide) groups is 1. The number of rotatable bonds is 7. The highest BCUT2D eigenvalue weighted by atomic mass is 32.2. The molecule has 0 saturated carbocycles. The first kappa shape index (κ1) is 18.8. The molecular formula is C14H13F3N4OS. The van der Waals surface area contributed by atoms with Crippen LogP contribution >= 0.6 is 11.8 Å². The van der Waals surface area contributed by atoms with E-state index in [1.807, 2.05) is 12.1 Å². The molecule has 0 unspecified atom stereocenters. The highest BCUT2D eigenvalue weighted by Crippen LogP contribution is 2.29. The molecule has 0 aliphatic heterocycles. The van der Waals surface area contributed by atoms with Crippen molar-refractivity contribution in [2.75, 3.05) is 18.8 Å². The van der Waals surface area contributed by atoms with Crippen LogP contribution in [0.4, 0.5) is 13.2 Å². The third-order valence-electron chi connectivity index (χ3n) is 2.75. The molecule has 1 rings (SSSR count). The lowest BCUT2D eigenvalue weighted by Gasteiger charge is -2.20. The predicted octanol–water partition coefficient (Wildman–Crippen LogP) is 2.85. The second kappa shape index (κ2) is 9.01. The molecule has 0 fully saturated rings. The molecule has 0 aliphatic rings. The van der Waals surface area contributed by atoms with Gasteiger partial charge in [-0.1, -0.05) is 11.8 Å². The molecule has 0 atom stereocenters. The zero-order valence-electron chi connectivity index (χ0n) is 12.0. The van der Waals surface area contributed by atoms with Gasteiger partial charge in [0.15, 0.2) is 0 Å². The van der Waals surface area contributed by atoms with Gasteiger partial charge in [-0.2, -0.15) is 23.7 Å². The molecule has 0 saturated heterocycles. The van der Waals surface area contributed by atoms with Crippen LogP contribution in [0.15, 0.2) is 23.4 Å². The lowest BCUT2D eigenvalue weighted by Crippen LogP contribution is -2.34. The fourth-order valence-corrected chi connectivity index (χ4v) is 2.34. The quantitative estimate of drug-likeness (QED) is 0.712. The maximum Gasteiger partial charge on any atom is 0.417 e. The summed E-state index contributed by atoms with van der Waals surface area (Å²) in [5, 5.41) is 17.4. The van der Waals surface area contributed by atoms with Crippen LogP contribution in [0.5, 0.6) is 0 Å². The summed E-state index contributed by atoms with van der Waals surface area (Å²) < 4.78 is 37.2. The van der Waals surface area contributed by atoms with E-state index in [1.165, 1.54) is 11.0 Å². The number of amides is 1. The first-order valence-corrected chi connectivity index (χ1v) is 7.54. The zero-order chi connectivity index (χ0) is 17.3. The van der Waals surface area contributed by atoms with Crippen LogP contribution in [0, 0.1) is 22.7 Å². The molecule has 0 aliphatic carbocycles. The van der Waals surface area contributed by atoms with Gasteiger partial charge in [-0.05, 0) is 12.1 Å². The van der Waals surface area contributed by atoms with Gasteiger partial charge in [-0.25, -0.2) is 4.98 Å². The van der Waals surface area contributed by atoms with Crippen molar-refractivity contribution < 1.29 is 18.0 Å². The molecule has 1 aromatic rings. The predicted molar refractivity (Wildman–Crippen MR) is 77.0 cm³/mol. The lowest BCUT2D eigenvalue weighted by atomic mass is 10.3. The van der Waals surface area contributed by atoms with Gasteiger partial charge in [0.1, 0.15) is 0 Å². The minimum Gasteiger partial charge on any atom is -0.340 e. The van der Waals surface area contributed by atoms with Crippen molar-refractivity contribution in [2.45, 2.75) is 24.0 Å². The molecule has 0 bridgehead atoms. The van der Waals surface area contributed by atoms with Gasteiger partial charge in [0.05, 0.1) is 41.3 Å². The smallest absolute Gasteiger partial charge is 0.340 e. The summed E-state index contributed by atoms with van der Waals surface area (Å²) >= 11 is 1.01. The van der Waals surface area contributed by atoms with Gasteiger partial charge in [-0.15, -0.1) is 0 Å². The van der Waals surface area contributed by atoms with Crippen molar-refractivity contribution in [1.29, 1.82) is 10.5 Å². The number of aromatic nitrogens is 1. The molecule has 0 aromatic carbocycles. The number of alkyl halides is 3. The number of hydrogen-bond donors (Lipinski definition) is 0. The Hall–Kier alpha value is -2.26. The molecule has 9 heteroatoms. The van der Waals surface area contributed by atoms with Crippen LogP contribution in [0.2, 0.25) is 0 Å². The third-order valence-corrected chi connectivity index (χ3v) is 3.68. The van der Waals surface area contributed by atoms with Gasteiger partial charge in [0.2, 0.25) is 5.91 Å². The van der Waals surface area contributed by atoms with Crippen LogP contribution in [-0.4, -0.2) is 34.6 Å². The molecule has 1 aromatic heterocycles. The fraction of sp³-hybridized carbons (Fsp3) is 0.429. The molecular weight excluding hydrogens is 329 g/mol. The Kier molecular flexibility index (Phi) is 7.36. The highest BCUT2D eigenvalue weighted by Gasteiger charge is 2.30. The Bertz CT molecular complexity index is 586. The first-order chi connectivity index (χ1) is 10.9. The fourth-order valence-electron chi connectivity index (χ4n) is 1.59. The standard InChI is InChI=1S/C14H13F3N4OS/c15-14(16,17)11-3-4-12(20-9-11)23-10-13(22)21(7-1-5-18)8-2-6-19/h3-4,9H,1-2,7-8,10H2. The molecule has 122 valence electrons. The van der Waals surface area contributed by atoms with E-state index in [-0.39, 0.29) is 37.6 Å². The second-order valence-electron chi connectivity index (χ2n) is 4.37. The van der Waals surface area contributed by atoms with Crippen molar-refractivity contribution in [2.24, 2.45) is 0 Å². The molecule has 1 heterocycles. The summed E-state index contributed by atoms with van der Waals surface area (Å²) in [5.74, 6) is -0.308. The lowest BCUT2D eigenvalue weighted by molar-refractivity contribution is -0.138. The number of halogens is 3. The summed E-state index contributed by atoms with van der Waals surface area (Å²) in [6.45, 7) is 0.441. The molecule has 0 radical (unpaired) electrons. The van der Waals surface area contributed by atoms with Crippen LogP contribution in [0.1, 0.15) is 18.4 Å². The minimum absolute atomic E-state index is 0.0186. The summed E-state index contributed by atoms with van der Waals surface area (Å²) in [5.41, 5.74) is -0.849. The SMILES string of the molecule is N#CCCN(CCC#N)C(=O)CSc1ccc(C(F)(F)F)cn1. The average molecular weight is 342 g/mol. The number of nitriles is 2. The molecule has 23 heavy (non-hydrogen) atoms. The Morgan fingerprint density at radius 2 is 1.83 bits per heavy atom. The Labute approximate surface area is 135 Å². The number of pyridine rings is 1. The monoisotopic (exact) mass is 342 g/mol. The topological polar surface area (TPSA) is 80.8 Å². The Morgan fingerprint density at radius 1 is 1.22 bits per heavy atom. The molecule has 0 N–H and O–H groups in total. The van der Waals surface area contributed by atoms with Crippen LogP contribution in [0.25, 0.3) is 0 Å². The number of nitrogens with zero attached hydrogens (tertiary/aromatic N) is 4. The Balaban J connectivity index is 2.59. The third kappa shape index (κ3) is 6.57. The maximum absolute atomic E-state index is 12.4. The van der Waals surface area contributed by atoms with Gasteiger partial charge in [0.25, 0.3) is 0 Å². The summed E-state index contributed by atoms with van der Waals surface area (Å²) in [4.78, 5) is 17.1. The summed E-state index contributed by atoms with van der Waals surface area (Å²) in [7, 11) is 0. The van der Waals surface area contributed by atoms with Crippen molar-refractivity contribution in [3.8, 4) is 12.1 Å². The van der Waals surface area contributed by atoms with Crippen molar-refractivity contribution in [3.05, 3.63) is 23.9 Å². The summed E-state index contributed by atoms with van der Waals surface area (Å²) in [6, 6.07) is 5.95. The van der Waals surface area contributed by atoms with E-state index in [9.17, 15) is 18.0 Å². The molecule has 0 spiro atoms. The largest absolute Gasteiger partial charge is 0.417 e. The van der Waals surface area contributed by atoms with Gasteiger partial charge in [-0.3, -0.25) is 4.79 Å². The normalized spacial score (nSPS) is 10.7. The average Bonchev–Trinajstić information content (AvgIpc) is 2.52. The van der Waals surface area contributed by atoms with Crippen molar-refractivity contribution in [3.63, 3.8) is 0 Å². The molecule has 5 nitrogen and oxygen atoms in total. The van der Waals surface area contributed by atoms with Gasteiger partial charge in [0, 0.05) is 19.3 Å². The van der Waals surface area contributed by atoms with E-state index in [2.05, 4.69) is 4.98 Å². The van der Waals surface area contributed by atoms with E-state index >= 15 is 0 Å². The van der Waals surface area contributed by atoms with Gasteiger partial charge < -0.3 is 4.90 Å². The van der Waals surface area contributed by atoms with Crippen molar-refractivity contribution in [1.82, 2.24) is 9.88 Å². The van der Waals surface area contributed by atoms with Crippen LogP contribution < -0.4 is 0 Å². The Morgan fingerprint density at radius 3 is 2.26 bits per heavy atom. The number of carbonyl (C=O) groups excluding carboxylic acids is 1. The van der Waals surface area contributed by atoms with Gasteiger partial charge >= 0.3 is 6.18 Å². The number of carbonyl (C=O) groups is 1. The maximum atomic E-state index is 12.4. The van der Waals surface area contributed by atoms with E-state index in [4.69, 9.17) is 10.5 Å². The first-order valence-electron chi connectivity index (χ1n) is 6.56. The summed E-state index contributed by atoms with van der Waals surface area (Å²) in [6.07, 6.45) is -3.42. The molecule has 1 amide bonds. The highest BCUT2D eigenvalue weighted by molar-refractivity contribution is 7.99. The van der Waals surface area contributed by atoms with Crippen molar-refractivity contribution >= 4 is 17.7 Å². The van der Waals surface area contributed by atoms with Crippen LogP contribution in [-0.2, 0) is 11.0 Å². The van der Waals surface area contributed by atoms with E-state index in [1.54, 1.807) is 0 Å². The second-order valence-corrected chi connectivity index (χ2v) is 5.36.